The van der Waals surface area contributed by atoms with E-state index in [0.717, 1.165) is 178 Å². The number of rotatable bonds is 28. The predicted octanol–water partition coefficient (Wildman–Crippen LogP) is 26.3. The molecule has 0 radical (unpaired) electrons. The van der Waals surface area contributed by atoms with Gasteiger partial charge in [0, 0.05) is 52.8 Å². The minimum absolute atomic E-state index is 0.00935. The van der Waals surface area contributed by atoms with Crippen LogP contribution in [-0.4, -0.2) is 141 Å². The monoisotopic (exact) mass is 2020 g/mol. The molecule has 18 unspecified atom stereocenters. The molecule has 20 fully saturated rings. The predicted molar refractivity (Wildman–Crippen MR) is 556 cm³/mol. The van der Waals surface area contributed by atoms with Crippen molar-refractivity contribution in [3.8, 4) is 0 Å². The Morgan fingerprint density at radius 2 is 0.583 bits per heavy atom. The molecule has 17 saturated carbocycles. The number of fused-ring (bicyclic) bond motifs is 3. The lowest BCUT2D eigenvalue weighted by Gasteiger charge is -2.62. The zero-order chi connectivity index (χ0) is 107. The molecule has 23 nitrogen and oxygen atoms in total. The fourth-order valence-corrected chi connectivity index (χ4v) is 27.9. The Labute approximate surface area is 868 Å². The van der Waals surface area contributed by atoms with Gasteiger partial charge in [-0.2, -0.15) is 0 Å². The summed E-state index contributed by atoms with van der Waals surface area (Å²) in [6.45, 7) is 67.0. The number of carbonyl (C=O) groups is 11. The molecular formula is C121H200O23. The van der Waals surface area contributed by atoms with Gasteiger partial charge in [0.15, 0.2) is 0 Å². The van der Waals surface area contributed by atoms with Crippen molar-refractivity contribution in [2.45, 2.75) is 549 Å². The van der Waals surface area contributed by atoms with Crippen LogP contribution in [0.2, 0.25) is 0 Å². The third-order valence-corrected chi connectivity index (χ3v) is 41.6. The first-order valence-corrected chi connectivity index (χ1v) is 57.8. The van der Waals surface area contributed by atoms with Crippen LogP contribution in [0.5, 0.6) is 0 Å². The van der Waals surface area contributed by atoms with Gasteiger partial charge in [0.2, 0.25) is 0 Å². The third-order valence-electron chi connectivity index (χ3n) is 41.6. The maximum Gasteiger partial charge on any atom is 0.312 e. The topological polar surface area (TPSA) is 310 Å². The van der Waals surface area contributed by atoms with Crippen molar-refractivity contribution in [1.29, 1.82) is 0 Å². The first kappa shape index (κ1) is 118. The lowest BCUT2D eigenvalue weighted by molar-refractivity contribution is -0.225. The number of ether oxygens (including phenoxy) is 11. The van der Waals surface area contributed by atoms with Crippen molar-refractivity contribution in [2.75, 3.05) is 0 Å². The second-order valence-corrected chi connectivity index (χ2v) is 56.1. The highest BCUT2D eigenvalue weighted by atomic mass is 16.6. The van der Waals surface area contributed by atoms with Crippen molar-refractivity contribution in [3.63, 3.8) is 0 Å². The fraction of sp³-hybridized carbons (Fsp3) is 0.909. The van der Waals surface area contributed by atoms with E-state index in [2.05, 4.69) is 69.2 Å². The molecule has 3 aliphatic heterocycles. The van der Waals surface area contributed by atoms with E-state index in [1.54, 1.807) is 0 Å². The number of esters is 11. The first-order valence-electron chi connectivity index (χ1n) is 57.8. The highest BCUT2D eigenvalue weighted by Crippen LogP contribution is 2.67. The van der Waals surface area contributed by atoms with Gasteiger partial charge in [-0.15, -0.1) is 0 Å². The molecule has 1 N–H and O–H groups in total. The van der Waals surface area contributed by atoms with Crippen molar-refractivity contribution < 1.29 is 110 Å². The zero-order valence-electron chi connectivity index (χ0n) is 96.2. The van der Waals surface area contributed by atoms with Crippen LogP contribution in [0.15, 0.2) is 0 Å². The molecule has 0 aromatic heterocycles. The maximum atomic E-state index is 12.7. The van der Waals surface area contributed by atoms with Crippen LogP contribution in [-0.2, 0) is 105 Å². The van der Waals surface area contributed by atoms with Crippen LogP contribution in [0.25, 0.3) is 0 Å². The van der Waals surface area contributed by atoms with E-state index < -0.39 is 27.3 Å². The van der Waals surface area contributed by atoms with E-state index in [1.807, 2.05) is 159 Å². The molecule has 14 bridgehead atoms. The van der Waals surface area contributed by atoms with Gasteiger partial charge >= 0.3 is 65.7 Å². The summed E-state index contributed by atoms with van der Waals surface area (Å²) in [7, 11) is 0. The summed E-state index contributed by atoms with van der Waals surface area (Å²) in [6.07, 6.45) is 38.8. The van der Waals surface area contributed by atoms with Crippen LogP contribution >= 0.6 is 0 Å². The summed E-state index contributed by atoms with van der Waals surface area (Å²) in [6, 6.07) is 0. The van der Waals surface area contributed by atoms with Gasteiger partial charge in [0.1, 0.15) is 64.6 Å². The van der Waals surface area contributed by atoms with E-state index >= 15 is 0 Å². The van der Waals surface area contributed by atoms with Gasteiger partial charge in [-0.3, -0.25) is 52.7 Å². The molecule has 23 heteroatoms. The van der Waals surface area contributed by atoms with E-state index in [4.69, 9.17) is 52.1 Å². The van der Waals surface area contributed by atoms with Gasteiger partial charge in [-0.1, -0.05) is 111 Å². The third kappa shape index (κ3) is 24.9. The Hall–Kier alpha value is -5.87. The molecule has 0 aromatic rings. The first-order chi connectivity index (χ1) is 66.6. The van der Waals surface area contributed by atoms with Crippen LogP contribution in [0, 0.1) is 149 Å². The Morgan fingerprint density at radius 3 is 0.854 bits per heavy atom. The molecule has 0 amide bonds. The Bertz CT molecular complexity index is 4200. The number of carbonyl (C=O) groups excluding carboxylic acids is 11. The van der Waals surface area contributed by atoms with E-state index in [-0.39, 0.29) is 181 Å². The number of aliphatic hydroxyl groups is 1. The summed E-state index contributed by atoms with van der Waals surface area (Å²) in [4.78, 5) is 133. The number of hydrogen-bond acceptors (Lipinski definition) is 23. The standard InChI is InChI=1S/C20H34O2.C16H26O3.C15H28O2.3C14H20O4.2C14H26O2/c1-6-18(3,4)17(21)22-19(5,7-2)20-11-14-8-15(12-20)10-16(9-14)13-20;1-4-14(2,3)13(17)19-16-8-11-5-12(9-16)7-15(18,6-11)10-16;1-7-14(5,6)12(16)17-15(13(2,3)4)10-8-9-11-15;3*1-4-14(2,3)13(16)18-10-7-5-8-9(6-7)12(15)17-11(8)10;2*1-6-13(4,5)12(15)16-14(11(2)3)9-7-8-10-14/h14-16H,6-13H2,1-5H3;11-12,18H,4-10H2,1-3H3;7-11H2,1-6H3;3*7-11H,4-6H2,1-3H3;2*11H,6-10H2,1-5H3. The van der Waals surface area contributed by atoms with E-state index in [9.17, 15) is 57.8 Å². The zero-order valence-corrected chi connectivity index (χ0v) is 96.2. The average Bonchev–Trinajstić information content (AvgIpc) is 0.911. The lowest BCUT2D eigenvalue weighted by Crippen LogP contribution is -2.61. The molecule has 822 valence electrons. The van der Waals surface area contributed by atoms with Crippen molar-refractivity contribution in [3.05, 3.63) is 0 Å². The normalized spacial score (nSPS) is 34.2. The average molecular weight is 2020 g/mol. The van der Waals surface area contributed by atoms with Crippen LogP contribution in [0.3, 0.4) is 0 Å². The highest BCUT2D eigenvalue weighted by Gasteiger charge is 2.69. The largest absolute Gasteiger partial charge is 0.459 e. The molecule has 0 aromatic carbocycles. The van der Waals surface area contributed by atoms with Gasteiger partial charge in [0.05, 0.1) is 66.7 Å². The smallest absolute Gasteiger partial charge is 0.312 e. The molecule has 144 heavy (non-hydrogen) atoms. The minimum Gasteiger partial charge on any atom is -0.459 e. The Morgan fingerprint density at radius 1 is 0.319 bits per heavy atom. The molecule has 0 spiro atoms. The molecule has 18 atom stereocenters. The van der Waals surface area contributed by atoms with E-state index in [0.29, 0.717) is 65.6 Å². The molecule has 3 heterocycles. The lowest BCUT2D eigenvalue weighted by atomic mass is 9.45. The SMILES string of the molecule is CCC(C)(C)C(=O)OC(C)(CC)C12CC3CC(CC(C3)C1)C2.CCC(C)(C)C(=O)OC1(C(C)(C)C)CCCC1.CCC(C)(C)C(=O)OC1(C(C)C)CCCC1.CCC(C)(C)C(=O)OC1(C(C)C)CCCC1.CCC(C)(C)C(=O)OC12CC3CC(CC(O)(C3)C1)C2.CCC(C)(C)C(=O)OC1C2CC3C(=O)OC1C3C2.CCC(C)(C)C(=O)OC1C2CC3C(=O)OC1C3C2.CCC(C)(C)C(=O)OC1C2CC3C(=O)OC1C3C2. The van der Waals surface area contributed by atoms with Crippen molar-refractivity contribution in [2.24, 2.45) is 149 Å². The van der Waals surface area contributed by atoms with Gasteiger partial charge < -0.3 is 57.2 Å². The summed E-state index contributed by atoms with van der Waals surface area (Å²) in [5, 5.41) is 10.6. The summed E-state index contributed by atoms with van der Waals surface area (Å²) in [5.41, 5.74) is -4.67. The van der Waals surface area contributed by atoms with E-state index in [1.165, 1.54) is 83.5 Å². The Balaban J connectivity index is 0.000000157. The molecule has 3 saturated heterocycles. The summed E-state index contributed by atoms with van der Waals surface area (Å²) < 4.78 is 63.1. The minimum atomic E-state index is -0.555. The maximum absolute atomic E-state index is 12.7. The highest BCUT2D eigenvalue weighted by molar-refractivity contribution is 5.82. The molecule has 17 aliphatic carbocycles. The molecule has 20 aliphatic rings. The molecule has 20 rings (SSSR count). The van der Waals surface area contributed by atoms with Gasteiger partial charge in [0.25, 0.3) is 0 Å². The number of hydrogen-bond donors (Lipinski definition) is 1. The van der Waals surface area contributed by atoms with Crippen LogP contribution in [0.4, 0.5) is 0 Å². The van der Waals surface area contributed by atoms with Crippen molar-refractivity contribution >= 4 is 65.7 Å². The van der Waals surface area contributed by atoms with Crippen LogP contribution in [0.1, 0.15) is 479 Å². The Kier molecular flexibility index (Phi) is 36.5. The quantitative estimate of drug-likeness (QED) is 0.0562. The second kappa shape index (κ2) is 44.4. The second-order valence-electron chi connectivity index (χ2n) is 56.1. The summed E-state index contributed by atoms with van der Waals surface area (Å²) in [5.74, 6) is 5.87. The summed E-state index contributed by atoms with van der Waals surface area (Å²) >= 11 is 0. The van der Waals surface area contributed by atoms with Crippen molar-refractivity contribution in [1.82, 2.24) is 0 Å². The van der Waals surface area contributed by atoms with Crippen LogP contribution < -0.4 is 0 Å². The van der Waals surface area contributed by atoms with Gasteiger partial charge in [-0.05, 0) is 403 Å². The molecular weight excluding hydrogens is 1820 g/mol. The fourth-order valence-electron chi connectivity index (χ4n) is 27.9. The van der Waals surface area contributed by atoms with Gasteiger partial charge in [-0.25, -0.2) is 0 Å².